The normalized spacial score (nSPS) is 14.1. The number of hydrogen-bond donors (Lipinski definition) is 1. The largest absolute Gasteiger partial charge is 0.453 e. The van der Waals surface area contributed by atoms with Crippen LogP contribution in [0.5, 0.6) is 5.75 Å². The van der Waals surface area contributed by atoms with E-state index in [2.05, 4.69) is 15.5 Å². The lowest BCUT2D eigenvalue weighted by Crippen LogP contribution is -2.22. The smallest absolute Gasteiger partial charge is 0.380 e. The van der Waals surface area contributed by atoms with Crippen LogP contribution in [0, 0.1) is 6.92 Å². The summed E-state index contributed by atoms with van der Waals surface area (Å²) in [7, 11) is 0. The molecule has 5 rings (SSSR count). The molecule has 0 spiro atoms. The first kappa shape index (κ1) is 21.9. The van der Waals surface area contributed by atoms with E-state index < -0.39 is 11.9 Å². The summed E-state index contributed by atoms with van der Waals surface area (Å²) in [6, 6.07) is 15.9. The first-order valence-corrected chi connectivity index (χ1v) is 11.2. The molecule has 0 unspecified atom stereocenters. The average molecular weight is 474 g/mol. The van der Waals surface area contributed by atoms with Gasteiger partial charge in [-0.1, -0.05) is 41.9 Å². The summed E-state index contributed by atoms with van der Waals surface area (Å²) < 4.78 is 11.6. The number of halogens is 1. The molecule has 0 fully saturated rings. The van der Waals surface area contributed by atoms with Crippen LogP contribution in [0.3, 0.4) is 0 Å². The van der Waals surface area contributed by atoms with Crippen molar-refractivity contribution in [2.75, 3.05) is 0 Å². The van der Waals surface area contributed by atoms with E-state index in [1.807, 2.05) is 18.2 Å². The summed E-state index contributed by atoms with van der Waals surface area (Å²) in [4.78, 5) is 29.9. The predicted molar refractivity (Wildman–Crippen MR) is 129 cm³/mol. The van der Waals surface area contributed by atoms with E-state index in [1.165, 1.54) is 0 Å². The summed E-state index contributed by atoms with van der Waals surface area (Å²) >= 11 is 6.11. The molecule has 0 radical (unpaired) electrons. The molecule has 34 heavy (non-hydrogen) atoms. The molecule has 2 aromatic heterocycles. The van der Waals surface area contributed by atoms with Crippen LogP contribution in [0.2, 0.25) is 5.02 Å². The zero-order valence-electron chi connectivity index (χ0n) is 18.3. The number of pyridine rings is 1. The number of nitrogens with one attached hydrogen (secondary N) is 1. The van der Waals surface area contributed by atoms with Crippen LogP contribution in [0.25, 0.3) is 10.9 Å². The van der Waals surface area contributed by atoms with Crippen LogP contribution in [0.1, 0.15) is 50.6 Å². The molecule has 2 heterocycles. The second-order valence-electron chi connectivity index (χ2n) is 7.91. The third kappa shape index (κ3) is 4.06. The lowest BCUT2D eigenvalue weighted by molar-refractivity contribution is 0.0700. The highest BCUT2D eigenvalue weighted by atomic mass is 35.5. The maximum absolute atomic E-state index is 13.0. The summed E-state index contributed by atoms with van der Waals surface area (Å²) in [5.41, 5.74) is 5.50. The number of benzene rings is 2. The molecule has 0 aliphatic heterocycles. The van der Waals surface area contributed by atoms with E-state index in [-0.39, 0.29) is 5.76 Å². The molecule has 0 saturated heterocycles. The topological polar surface area (TPSA) is 93.8 Å². The Labute approximate surface area is 200 Å². The van der Waals surface area contributed by atoms with Crippen molar-refractivity contribution in [2.24, 2.45) is 5.10 Å². The van der Waals surface area contributed by atoms with Crippen molar-refractivity contribution in [1.82, 2.24) is 10.4 Å². The van der Waals surface area contributed by atoms with Crippen molar-refractivity contribution >= 4 is 40.1 Å². The highest BCUT2D eigenvalue weighted by Gasteiger charge is 2.29. The van der Waals surface area contributed by atoms with Crippen molar-refractivity contribution in [1.29, 1.82) is 0 Å². The number of fused-ring (bicyclic) bond motifs is 2. The molecule has 4 aromatic rings. The number of furan rings is 1. The Morgan fingerprint density at radius 3 is 2.76 bits per heavy atom. The second kappa shape index (κ2) is 9.11. The van der Waals surface area contributed by atoms with Gasteiger partial charge in [0.05, 0.1) is 16.3 Å². The molecule has 1 aliphatic rings. The predicted octanol–water partition coefficient (Wildman–Crippen LogP) is 5.48. The first-order valence-electron chi connectivity index (χ1n) is 10.8. The summed E-state index contributed by atoms with van der Waals surface area (Å²) in [5, 5.41) is 5.55. The zero-order chi connectivity index (χ0) is 23.7. The van der Waals surface area contributed by atoms with Crippen molar-refractivity contribution in [3.8, 4) is 5.75 Å². The molecule has 7 nitrogen and oxygen atoms in total. The molecule has 0 saturated carbocycles. The average Bonchev–Trinajstić information content (AvgIpc) is 3.20. The third-order valence-electron chi connectivity index (χ3n) is 5.72. The van der Waals surface area contributed by atoms with Crippen LogP contribution < -0.4 is 10.2 Å². The molecule has 1 aliphatic carbocycles. The first-order chi connectivity index (χ1) is 16.5. The van der Waals surface area contributed by atoms with Gasteiger partial charge in [-0.25, -0.2) is 10.2 Å². The lowest BCUT2D eigenvalue weighted by Gasteiger charge is -2.13. The Morgan fingerprint density at radius 1 is 1.09 bits per heavy atom. The third-order valence-corrected chi connectivity index (χ3v) is 6.05. The number of ether oxygens (including phenoxy) is 1. The molecular formula is C26H20ClN3O4. The molecule has 8 heteroatoms. The van der Waals surface area contributed by atoms with E-state index in [0.717, 1.165) is 17.4 Å². The lowest BCUT2D eigenvalue weighted by atomic mass is 9.93. The van der Waals surface area contributed by atoms with Gasteiger partial charge < -0.3 is 9.15 Å². The Morgan fingerprint density at radius 2 is 1.91 bits per heavy atom. The van der Waals surface area contributed by atoms with Gasteiger partial charge in [-0.05, 0) is 44.0 Å². The Hall–Kier alpha value is -3.97. The fourth-order valence-corrected chi connectivity index (χ4v) is 4.32. The minimum Gasteiger partial charge on any atom is -0.453 e. The van der Waals surface area contributed by atoms with Gasteiger partial charge in [-0.2, -0.15) is 5.10 Å². The molecule has 1 amide bonds. The Kier molecular flexibility index (Phi) is 5.86. The number of carbonyl (C=O) groups excluding carboxylic acids is 2. The van der Waals surface area contributed by atoms with Gasteiger partial charge in [-0.3, -0.25) is 9.78 Å². The summed E-state index contributed by atoms with van der Waals surface area (Å²) in [6.45, 7) is 1.79. The highest BCUT2D eigenvalue weighted by molar-refractivity contribution is 6.33. The van der Waals surface area contributed by atoms with E-state index in [0.29, 0.717) is 51.7 Å². The number of aromatic nitrogens is 1. The van der Waals surface area contributed by atoms with Crippen molar-refractivity contribution in [3.05, 3.63) is 94.0 Å². The second-order valence-corrected chi connectivity index (χ2v) is 8.32. The zero-order valence-corrected chi connectivity index (χ0v) is 19.1. The van der Waals surface area contributed by atoms with Crippen molar-refractivity contribution < 1.29 is 18.7 Å². The summed E-state index contributed by atoms with van der Waals surface area (Å²) in [5.74, 6) is 0.110. The van der Waals surface area contributed by atoms with Gasteiger partial charge >= 0.3 is 5.97 Å². The van der Waals surface area contributed by atoms with Crippen molar-refractivity contribution in [3.63, 3.8) is 0 Å². The van der Waals surface area contributed by atoms with E-state index in [4.69, 9.17) is 20.8 Å². The van der Waals surface area contributed by atoms with Gasteiger partial charge in [0.2, 0.25) is 5.76 Å². The number of aryl methyl sites for hydroxylation is 1. The highest BCUT2D eigenvalue weighted by Crippen LogP contribution is 2.31. The van der Waals surface area contributed by atoms with E-state index in [1.54, 1.807) is 49.5 Å². The van der Waals surface area contributed by atoms with Crippen molar-refractivity contribution in [2.45, 2.75) is 26.2 Å². The van der Waals surface area contributed by atoms with Crippen LogP contribution in [0.15, 0.2) is 70.3 Å². The number of carbonyl (C=O) groups is 2. The summed E-state index contributed by atoms with van der Waals surface area (Å²) in [6.07, 6.45) is 3.73. The number of rotatable bonds is 4. The van der Waals surface area contributed by atoms with E-state index in [9.17, 15) is 9.59 Å². The van der Waals surface area contributed by atoms with Gasteiger partial charge in [0, 0.05) is 29.1 Å². The number of hydrogen-bond acceptors (Lipinski definition) is 6. The van der Waals surface area contributed by atoms with Crippen LogP contribution in [-0.2, 0) is 6.42 Å². The molecule has 2 aromatic carbocycles. The molecule has 0 atom stereocenters. The monoisotopic (exact) mass is 473 g/mol. The maximum atomic E-state index is 13.0. The number of amides is 1. The molecule has 1 N–H and O–H groups in total. The van der Waals surface area contributed by atoms with Gasteiger partial charge in [0.15, 0.2) is 5.75 Å². The van der Waals surface area contributed by atoms with E-state index >= 15 is 0 Å². The number of para-hydroxylation sites is 1. The van der Waals surface area contributed by atoms with Crippen LogP contribution in [-0.4, -0.2) is 22.6 Å². The Balaban J connectivity index is 1.42. The fraction of sp³-hybridized carbons (Fsp3) is 0.154. The minimum absolute atomic E-state index is 0.116. The number of nitrogens with zero attached hydrogens (tertiary/aromatic N) is 2. The fourth-order valence-electron chi connectivity index (χ4n) is 4.10. The standard InChI is InChI=1S/C26H20ClN3O4/c1-15-22-19(29-30-25(31)17-9-2-3-10-18(17)27)11-5-12-20(22)33-24(15)26(32)34-21-13-4-7-16-8-6-14-28-23(16)21/h2-4,6-10,13-14H,5,11-12H2,1H3,(H,30,31)/b29-19+. The van der Waals surface area contributed by atoms with Crippen LogP contribution in [0.4, 0.5) is 0 Å². The maximum Gasteiger partial charge on any atom is 0.380 e. The molecule has 0 bridgehead atoms. The van der Waals surface area contributed by atoms with Crippen LogP contribution >= 0.6 is 11.6 Å². The number of hydrazone groups is 1. The van der Waals surface area contributed by atoms with Gasteiger partial charge in [0.1, 0.15) is 11.3 Å². The molecule has 170 valence electrons. The number of esters is 1. The molecular weight excluding hydrogens is 454 g/mol. The quantitative estimate of drug-likeness (QED) is 0.240. The SMILES string of the molecule is Cc1c(C(=O)Oc2cccc3cccnc23)oc2c1/C(=N/NC(=O)c1ccccc1Cl)CCC2. The Bertz CT molecular complexity index is 1450. The van der Waals surface area contributed by atoms with Gasteiger partial charge in [0.25, 0.3) is 5.91 Å². The van der Waals surface area contributed by atoms with Gasteiger partial charge in [-0.15, -0.1) is 0 Å². The minimum atomic E-state index is -0.607.